The molecule has 0 aliphatic rings. The summed E-state index contributed by atoms with van der Waals surface area (Å²) in [4.78, 5) is 19.6. The Morgan fingerprint density at radius 1 is 1.41 bits per heavy atom. The van der Waals surface area contributed by atoms with Crippen LogP contribution in [0.5, 0.6) is 0 Å². The van der Waals surface area contributed by atoms with E-state index < -0.39 is 0 Å². The standard InChI is InChI=1S/C12H20N4O/c1-4-10-7-11(15-8-14-10)13-6-5-12(17)16-9(2)3/h7-9H,4-6H2,1-3H3,(H,16,17)(H,13,14,15). The van der Waals surface area contributed by atoms with Crippen molar-refractivity contribution in [2.24, 2.45) is 0 Å². The first-order valence-electron chi connectivity index (χ1n) is 5.96. The van der Waals surface area contributed by atoms with Gasteiger partial charge in [-0.15, -0.1) is 0 Å². The van der Waals surface area contributed by atoms with E-state index in [9.17, 15) is 4.79 Å². The highest BCUT2D eigenvalue weighted by atomic mass is 16.1. The van der Waals surface area contributed by atoms with E-state index in [0.29, 0.717) is 13.0 Å². The van der Waals surface area contributed by atoms with Crippen molar-refractivity contribution in [2.45, 2.75) is 39.7 Å². The molecule has 1 rings (SSSR count). The van der Waals surface area contributed by atoms with Gasteiger partial charge in [0.2, 0.25) is 5.91 Å². The molecule has 0 atom stereocenters. The Hall–Kier alpha value is -1.65. The van der Waals surface area contributed by atoms with E-state index in [1.54, 1.807) is 0 Å². The average molecular weight is 236 g/mol. The molecule has 5 heteroatoms. The zero-order valence-electron chi connectivity index (χ0n) is 10.7. The zero-order valence-corrected chi connectivity index (χ0v) is 10.7. The highest BCUT2D eigenvalue weighted by Gasteiger charge is 2.03. The highest BCUT2D eigenvalue weighted by molar-refractivity contribution is 5.76. The number of aryl methyl sites for hydroxylation is 1. The van der Waals surface area contributed by atoms with Crippen LogP contribution >= 0.6 is 0 Å². The van der Waals surface area contributed by atoms with Crippen LogP contribution in [0.3, 0.4) is 0 Å². The molecule has 1 heterocycles. The van der Waals surface area contributed by atoms with Crippen molar-refractivity contribution < 1.29 is 4.79 Å². The van der Waals surface area contributed by atoms with Gasteiger partial charge in [0.25, 0.3) is 0 Å². The van der Waals surface area contributed by atoms with E-state index in [2.05, 4.69) is 20.6 Å². The molecule has 0 radical (unpaired) electrons. The quantitative estimate of drug-likeness (QED) is 0.782. The normalized spacial score (nSPS) is 10.4. The molecular formula is C12H20N4O. The smallest absolute Gasteiger partial charge is 0.221 e. The van der Waals surface area contributed by atoms with Crippen molar-refractivity contribution in [3.8, 4) is 0 Å². The van der Waals surface area contributed by atoms with Gasteiger partial charge in [0.15, 0.2) is 0 Å². The molecule has 0 fully saturated rings. The Balaban J connectivity index is 2.32. The minimum Gasteiger partial charge on any atom is -0.369 e. The predicted molar refractivity (Wildman–Crippen MR) is 67.8 cm³/mol. The topological polar surface area (TPSA) is 66.9 Å². The monoisotopic (exact) mass is 236 g/mol. The van der Waals surface area contributed by atoms with Gasteiger partial charge in [0, 0.05) is 30.8 Å². The molecule has 5 nitrogen and oxygen atoms in total. The van der Waals surface area contributed by atoms with Crippen molar-refractivity contribution in [2.75, 3.05) is 11.9 Å². The number of anilines is 1. The first-order chi connectivity index (χ1) is 8.11. The lowest BCUT2D eigenvalue weighted by molar-refractivity contribution is -0.121. The van der Waals surface area contributed by atoms with Crippen molar-refractivity contribution in [3.05, 3.63) is 18.1 Å². The Kier molecular flexibility index (Phi) is 5.39. The van der Waals surface area contributed by atoms with E-state index in [-0.39, 0.29) is 11.9 Å². The van der Waals surface area contributed by atoms with Crippen LogP contribution in [0.25, 0.3) is 0 Å². The van der Waals surface area contributed by atoms with Gasteiger partial charge in [0.05, 0.1) is 0 Å². The number of carbonyl (C=O) groups excluding carboxylic acids is 1. The summed E-state index contributed by atoms with van der Waals surface area (Å²) in [6, 6.07) is 2.09. The number of rotatable bonds is 6. The second-order valence-corrected chi connectivity index (χ2v) is 4.15. The summed E-state index contributed by atoms with van der Waals surface area (Å²) in [5.74, 6) is 0.825. The summed E-state index contributed by atoms with van der Waals surface area (Å²) < 4.78 is 0. The molecule has 1 aromatic rings. The minimum atomic E-state index is 0.0530. The maximum Gasteiger partial charge on any atom is 0.221 e. The lowest BCUT2D eigenvalue weighted by Gasteiger charge is -2.09. The van der Waals surface area contributed by atoms with Crippen LogP contribution in [-0.2, 0) is 11.2 Å². The fourth-order valence-corrected chi connectivity index (χ4v) is 1.39. The molecule has 0 saturated heterocycles. The van der Waals surface area contributed by atoms with Gasteiger partial charge in [-0.05, 0) is 20.3 Å². The molecule has 0 aliphatic carbocycles. The highest BCUT2D eigenvalue weighted by Crippen LogP contribution is 2.04. The largest absolute Gasteiger partial charge is 0.369 e. The van der Waals surface area contributed by atoms with Crippen molar-refractivity contribution in [3.63, 3.8) is 0 Å². The molecule has 0 saturated carbocycles. The van der Waals surface area contributed by atoms with Crippen LogP contribution < -0.4 is 10.6 Å². The van der Waals surface area contributed by atoms with Gasteiger partial charge in [-0.25, -0.2) is 9.97 Å². The molecule has 0 bridgehead atoms. The summed E-state index contributed by atoms with van der Waals surface area (Å²) >= 11 is 0. The van der Waals surface area contributed by atoms with Crippen LogP contribution in [-0.4, -0.2) is 28.5 Å². The van der Waals surface area contributed by atoms with Gasteiger partial charge < -0.3 is 10.6 Å². The number of nitrogens with zero attached hydrogens (tertiary/aromatic N) is 2. The Morgan fingerprint density at radius 2 is 2.18 bits per heavy atom. The van der Waals surface area contributed by atoms with Crippen LogP contribution in [0.1, 0.15) is 32.9 Å². The first-order valence-corrected chi connectivity index (χ1v) is 5.96. The van der Waals surface area contributed by atoms with Gasteiger partial charge in [-0.3, -0.25) is 4.79 Å². The predicted octanol–water partition coefficient (Wildman–Crippen LogP) is 1.37. The fraction of sp³-hybridized carbons (Fsp3) is 0.583. The Bertz CT molecular complexity index is 365. The van der Waals surface area contributed by atoms with Gasteiger partial charge in [0.1, 0.15) is 12.1 Å². The molecule has 2 N–H and O–H groups in total. The molecule has 17 heavy (non-hydrogen) atoms. The summed E-state index contributed by atoms with van der Waals surface area (Å²) in [6.07, 6.45) is 2.87. The maximum atomic E-state index is 11.4. The van der Waals surface area contributed by atoms with Crippen molar-refractivity contribution in [1.82, 2.24) is 15.3 Å². The molecule has 0 spiro atoms. The van der Waals surface area contributed by atoms with E-state index in [1.165, 1.54) is 6.33 Å². The Labute approximate surface area is 102 Å². The third-order valence-electron chi connectivity index (χ3n) is 2.19. The van der Waals surface area contributed by atoms with E-state index >= 15 is 0 Å². The third kappa shape index (κ3) is 5.29. The SMILES string of the molecule is CCc1cc(NCCC(=O)NC(C)C)ncn1. The number of hydrogen-bond donors (Lipinski definition) is 2. The minimum absolute atomic E-state index is 0.0530. The maximum absolute atomic E-state index is 11.4. The molecule has 0 unspecified atom stereocenters. The molecular weight excluding hydrogens is 216 g/mol. The lowest BCUT2D eigenvalue weighted by Crippen LogP contribution is -2.31. The molecule has 1 amide bonds. The lowest BCUT2D eigenvalue weighted by atomic mass is 10.3. The van der Waals surface area contributed by atoms with E-state index in [0.717, 1.165) is 17.9 Å². The number of aromatic nitrogens is 2. The zero-order chi connectivity index (χ0) is 12.7. The van der Waals surface area contributed by atoms with E-state index in [4.69, 9.17) is 0 Å². The second kappa shape index (κ2) is 6.83. The average Bonchev–Trinajstić information content (AvgIpc) is 2.28. The van der Waals surface area contributed by atoms with Crippen LogP contribution in [0.4, 0.5) is 5.82 Å². The van der Waals surface area contributed by atoms with Crippen LogP contribution in [0.15, 0.2) is 12.4 Å². The van der Waals surface area contributed by atoms with Gasteiger partial charge in [-0.2, -0.15) is 0 Å². The molecule has 0 aromatic carbocycles. The molecule has 0 aliphatic heterocycles. The van der Waals surface area contributed by atoms with Crippen molar-refractivity contribution >= 4 is 11.7 Å². The third-order valence-corrected chi connectivity index (χ3v) is 2.19. The number of carbonyl (C=O) groups is 1. The van der Waals surface area contributed by atoms with Gasteiger partial charge >= 0.3 is 0 Å². The molecule has 1 aromatic heterocycles. The van der Waals surface area contributed by atoms with Crippen molar-refractivity contribution in [1.29, 1.82) is 0 Å². The summed E-state index contributed by atoms with van der Waals surface area (Å²) in [5.41, 5.74) is 0.995. The first kappa shape index (κ1) is 13.4. The summed E-state index contributed by atoms with van der Waals surface area (Å²) in [5, 5.41) is 5.95. The molecule has 94 valence electrons. The summed E-state index contributed by atoms with van der Waals surface area (Å²) in [6.45, 7) is 6.52. The fourth-order valence-electron chi connectivity index (χ4n) is 1.39. The van der Waals surface area contributed by atoms with Crippen LogP contribution in [0.2, 0.25) is 0 Å². The number of nitrogens with one attached hydrogen (secondary N) is 2. The van der Waals surface area contributed by atoms with Gasteiger partial charge in [-0.1, -0.05) is 6.92 Å². The number of hydrogen-bond acceptors (Lipinski definition) is 4. The van der Waals surface area contributed by atoms with E-state index in [1.807, 2.05) is 26.8 Å². The number of amides is 1. The van der Waals surface area contributed by atoms with Crippen LogP contribution in [0, 0.1) is 0 Å². The summed E-state index contributed by atoms with van der Waals surface area (Å²) in [7, 11) is 0. The second-order valence-electron chi connectivity index (χ2n) is 4.15. The Morgan fingerprint density at radius 3 is 2.82 bits per heavy atom.